The van der Waals surface area contributed by atoms with E-state index < -0.39 is 12.1 Å². The minimum Gasteiger partial charge on any atom is -0.490 e. The Kier molecular flexibility index (Phi) is 3.63. The summed E-state index contributed by atoms with van der Waals surface area (Å²) in [7, 11) is 0. The molecule has 1 aromatic rings. The molecule has 1 N–H and O–H groups in total. The Bertz CT molecular complexity index is 562. The Balaban J connectivity index is 1.46. The molecule has 1 saturated heterocycles. The van der Waals surface area contributed by atoms with Gasteiger partial charge in [0.1, 0.15) is 11.9 Å². The number of likely N-dealkylation sites (tertiary alicyclic amines) is 1. The normalized spacial score (nSPS) is 20.3. The lowest BCUT2D eigenvalue weighted by Gasteiger charge is -2.58. The van der Waals surface area contributed by atoms with Gasteiger partial charge in [-0.05, 0) is 37.1 Å². The number of ether oxygens (including phenoxy) is 1. The van der Waals surface area contributed by atoms with E-state index >= 15 is 0 Å². The zero-order chi connectivity index (χ0) is 16.0. The zero-order valence-corrected chi connectivity index (χ0v) is 12.2. The third-order valence-electron chi connectivity index (χ3n) is 4.17. The summed E-state index contributed by atoms with van der Waals surface area (Å²) in [5.74, 6) is -1.05. The van der Waals surface area contributed by atoms with Crippen molar-refractivity contribution >= 4 is 23.4 Å². The molecule has 1 aromatic carbocycles. The Morgan fingerprint density at radius 2 is 1.86 bits per heavy atom. The smallest absolute Gasteiger partial charge is 0.471 e. The largest absolute Gasteiger partial charge is 0.490 e. The summed E-state index contributed by atoms with van der Waals surface area (Å²) in [6.07, 6.45) is -3.45. The molecule has 0 aromatic heterocycles. The average molecular weight is 335 g/mol. The van der Waals surface area contributed by atoms with Crippen LogP contribution in [0.3, 0.4) is 0 Å². The van der Waals surface area contributed by atoms with Crippen LogP contribution in [0.1, 0.15) is 12.8 Å². The van der Waals surface area contributed by atoms with Crippen molar-refractivity contribution in [2.45, 2.75) is 25.1 Å². The van der Waals surface area contributed by atoms with Crippen LogP contribution in [0.25, 0.3) is 0 Å². The maximum Gasteiger partial charge on any atom is 0.471 e. The van der Waals surface area contributed by atoms with Crippen LogP contribution in [-0.2, 0) is 4.79 Å². The van der Waals surface area contributed by atoms with E-state index in [0.29, 0.717) is 18.6 Å². The topological polar surface area (TPSA) is 41.6 Å². The maximum absolute atomic E-state index is 12.3. The van der Waals surface area contributed by atoms with Gasteiger partial charge in [-0.15, -0.1) is 0 Å². The van der Waals surface area contributed by atoms with Crippen molar-refractivity contribution in [3.8, 4) is 5.75 Å². The van der Waals surface area contributed by atoms with Crippen LogP contribution in [0, 0.1) is 5.41 Å². The second kappa shape index (κ2) is 5.22. The van der Waals surface area contributed by atoms with E-state index in [1.165, 1.54) is 0 Å². The number of carbonyl (C=O) groups is 1. The van der Waals surface area contributed by atoms with Crippen molar-refractivity contribution in [1.29, 1.82) is 0 Å². The van der Waals surface area contributed by atoms with Gasteiger partial charge in [-0.3, -0.25) is 9.63 Å². The summed E-state index contributed by atoms with van der Waals surface area (Å²) in [5, 5.41) is 0. The second-order valence-corrected chi connectivity index (χ2v) is 6.11. The number of hydrogen-bond donors (Lipinski definition) is 1. The number of nitrogens with zero attached hydrogens (tertiary/aromatic N) is 1. The molecule has 22 heavy (non-hydrogen) atoms. The fourth-order valence-corrected chi connectivity index (χ4v) is 3.25. The highest BCUT2D eigenvalue weighted by Gasteiger charge is 2.58. The molecular formula is C14H14ClF3N2O2. The molecule has 120 valence electrons. The summed E-state index contributed by atoms with van der Waals surface area (Å²) in [6, 6.07) is 7.08. The van der Waals surface area contributed by atoms with Crippen LogP contribution in [-0.4, -0.2) is 36.2 Å². The summed E-state index contributed by atoms with van der Waals surface area (Å²) in [5.41, 5.74) is 0.558. The van der Waals surface area contributed by atoms with Gasteiger partial charge in [0.05, 0.1) is 0 Å². The van der Waals surface area contributed by atoms with Crippen LogP contribution in [0.2, 0.25) is 0 Å². The molecule has 1 saturated carbocycles. The van der Waals surface area contributed by atoms with Crippen LogP contribution < -0.4 is 9.57 Å². The highest BCUT2D eigenvalue weighted by molar-refractivity contribution is 6.23. The molecule has 0 bridgehead atoms. The summed E-state index contributed by atoms with van der Waals surface area (Å²) in [6.45, 7) is 0.334. The molecular weight excluding hydrogens is 321 g/mol. The first-order chi connectivity index (χ1) is 10.3. The molecule has 8 heteroatoms. The monoisotopic (exact) mass is 334 g/mol. The molecule has 2 fully saturated rings. The number of alkyl halides is 3. The fourth-order valence-electron chi connectivity index (χ4n) is 3.12. The molecule has 1 aliphatic heterocycles. The molecule has 0 radical (unpaired) electrons. The van der Waals surface area contributed by atoms with Gasteiger partial charge in [0.2, 0.25) is 0 Å². The van der Waals surface area contributed by atoms with E-state index in [-0.39, 0.29) is 24.6 Å². The van der Waals surface area contributed by atoms with E-state index in [2.05, 4.69) is 4.84 Å². The van der Waals surface area contributed by atoms with Crippen LogP contribution >= 0.6 is 11.8 Å². The quantitative estimate of drug-likeness (QED) is 0.863. The van der Waals surface area contributed by atoms with E-state index in [1.54, 1.807) is 24.3 Å². The van der Waals surface area contributed by atoms with E-state index in [0.717, 1.165) is 10.6 Å². The minimum atomic E-state index is -4.78. The number of hydrogen-bond acceptors (Lipinski definition) is 3. The zero-order valence-electron chi connectivity index (χ0n) is 11.5. The second-order valence-electron chi connectivity index (χ2n) is 5.93. The number of nitrogens with one attached hydrogen (secondary N) is 1. The molecule has 4 nitrogen and oxygen atoms in total. The van der Waals surface area contributed by atoms with Gasteiger partial charge >= 0.3 is 12.1 Å². The predicted molar refractivity (Wildman–Crippen MR) is 74.6 cm³/mol. The number of benzene rings is 1. The summed E-state index contributed by atoms with van der Waals surface area (Å²) < 4.78 is 42.6. The lowest BCUT2D eigenvalue weighted by molar-refractivity contribution is -0.205. The lowest BCUT2D eigenvalue weighted by Crippen LogP contribution is -2.67. The molecule has 2 aliphatic rings. The minimum absolute atomic E-state index is 0.0158. The van der Waals surface area contributed by atoms with Gasteiger partial charge in [-0.1, -0.05) is 0 Å². The lowest BCUT2D eigenvalue weighted by atomic mass is 9.61. The standard InChI is InChI=1S/C14H14ClF3N2O2/c15-19-9-1-3-10(4-2-9)22-11-5-13(6-11)7-20(8-13)12(21)14(16,17)18/h1-4,11,19H,5-8H2. The average Bonchev–Trinajstić information content (AvgIpc) is 2.39. The molecule has 1 aliphatic carbocycles. The Morgan fingerprint density at radius 1 is 1.27 bits per heavy atom. The van der Waals surface area contributed by atoms with Crippen molar-refractivity contribution in [2.24, 2.45) is 5.41 Å². The van der Waals surface area contributed by atoms with Crippen molar-refractivity contribution < 1.29 is 22.7 Å². The number of rotatable bonds is 3. The van der Waals surface area contributed by atoms with Gasteiger partial charge in [-0.2, -0.15) is 13.2 Å². The predicted octanol–water partition coefficient (Wildman–Crippen LogP) is 3.18. The summed E-state index contributed by atoms with van der Waals surface area (Å²) >= 11 is 5.46. The number of carbonyl (C=O) groups excluding carboxylic acids is 1. The Labute approximate surface area is 130 Å². The fraction of sp³-hybridized carbons (Fsp3) is 0.500. The molecule has 0 atom stereocenters. The van der Waals surface area contributed by atoms with Gasteiger partial charge in [0.15, 0.2) is 0 Å². The van der Waals surface area contributed by atoms with Crippen molar-refractivity contribution in [3.05, 3.63) is 24.3 Å². The van der Waals surface area contributed by atoms with Gasteiger partial charge < -0.3 is 9.64 Å². The van der Waals surface area contributed by atoms with Crippen LogP contribution in [0.4, 0.5) is 18.9 Å². The van der Waals surface area contributed by atoms with Crippen molar-refractivity contribution in [2.75, 3.05) is 17.9 Å². The highest BCUT2D eigenvalue weighted by Crippen LogP contribution is 2.50. The SMILES string of the molecule is O=C(N1CC2(CC(Oc3ccc(NCl)cc3)C2)C1)C(F)(F)F. The first-order valence-corrected chi connectivity index (χ1v) is 7.19. The van der Waals surface area contributed by atoms with Gasteiger partial charge in [-0.25, -0.2) is 0 Å². The Morgan fingerprint density at radius 3 is 2.36 bits per heavy atom. The van der Waals surface area contributed by atoms with Crippen molar-refractivity contribution in [1.82, 2.24) is 4.90 Å². The Hall–Kier alpha value is -1.63. The first-order valence-electron chi connectivity index (χ1n) is 6.81. The molecule has 1 spiro atoms. The van der Waals surface area contributed by atoms with Crippen molar-refractivity contribution in [3.63, 3.8) is 0 Å². The summed E-state index contributed by atoms with van der Waals surface area (Å²) in [4.78, 5) is 14.4. The number of anilines is 1. The van der Waals surface area contributed by atoms with E-state index in [4.69, 9.17) is 16.5 Å². The maximum atomic E-state index is 12.3. The van der Waals surface area contributed by atoms with Crippen LogP contribution in [0.15, 0.2) is 24.3 Å². The molecule has 1 amide bonds. The molecule has 1 heterocycles. The van der Waals surface area contributed by atoms with Gasteiger partial charge in [0.25, 0.3) is 0 Å². The van der Waals surface area contributed by atoms with E-state index in [1.807, 2.05) is 0 Å². The molecule has 3 rings (SSSR count). The molecule has 0 unspecified atom stereocenters. The van der Waals surface area contributed by atoms with Gasteiger partial charge in [0, 0.05) is 36.0 Å². The highest BCUT2D eigenvalue weighted by atomic mass is 35.5. The van der Waals surface area contributed by atoms with E-state index in [9.17, 15) is 18.0 Å². The third kappa shape index (κ3) is 2.82. The first kappa shape index (κ1) is 15.3. The van der Waals surface area contributed by atoms with Crippen LogP contribution in [0.5, 0.6) is 5.75 Å². The third-order valence-corrected chi connectivity index (χ3v) is 4.39. The number of halogens is 4. The number of amides is 1.